The van der Waals surface area contributed by atoms with Crippen molar-refractivity contribution in [1.29, 1.82) is 0 Å². The molecule has 0 radical (unpaired) electrons. The highest BCUT2D eigenvalue weighted by atomic mass is 28.4. The summed E-state index contributed by atoms with van der Waals surface area (Å²) in [6, 6.07) is 15.7. The Hall–Kier alpha value is -1.57. The van der Waals surface area contributed by atoms with Gasteiger partial charge in [-0.1, -0.05) is 84.0 Å². The first-order valence-corrected chi connectivity index (χ1v) is 22.2. The summed E-state index contributed by atoms with van der Waals surface area (Å²) in [4.78, 5) is 0. The molecule has 1 saturated heterocycles. The fourth-order valence-electron chi connectivity index (χ4n) is 6.97. The topological polar surface area (TPSA) is 86.6 Å². The van der Waals surface area contributed by atoms with E-state index in [-0.39, 0.29) is 10.1 Å². The van der Waals surface area contributed by atoms with Gasteiger partial charge in [-0.2, -0.15) is 0 Å². The zero-order chi connectivity index (χ0) is 33.6. The molecule has 1 aliphatic heterocycles. The van der Waals surface area contributed by atoms with Gasteiger partial charge in [0.1, 0.15) is 41.9 Å². The van der Waals surface area contributed by atoms with Crippen molar-refractivity contribution in [2.24, 2.45) is 0 Å². The van der Waals surface area contributed by atoms with Gasteiger partial charge in [0.25, 0.3) is 0 Å². The lowest BCUT2D eigenvalue weighted by Crippen LogP contribution is -2.74. The van der Waals surface area contributed by atoms with Gasteiger partial charge in [-0.05, 0) is 74.2 Å². The lowest BCUT2D eigenvalue weighted by Gasteiger charge is -2.58. The summed E-state index contributed by atoms with van der Waals surface area (Å²) in [7, 11) is -4.92. The third-order valence-electron chi connectivity index (χ3n) is 11.3. The van der Waals surface area contributed by atoms with E-state index in [1.165, 1.54) is 0 Å². The molecule has 0 bridgehead atoms. The van der Waals surface area contributed by atoms with Crippen LogP contribution in [0.3, 0.4) is 0 Å². The Bertz CT molecular complexity index is 1400. The molecule has 7 nitrogen and oxygen atoms in total. The largest absolute Gasteiger partial charge is 0.489 e. The Balaban J connectivity index is 1.74. The van der Waals surface area contributed by atoms with Crippen LogP contribution in [-0.4, -0.2) is 62.1 Å². The third kappa shape index (κ3) is 5.69. The second kappa shape index (κ2) is 11.0. The highest BCUT2D eigenvalue weighted by Gasteiger charge is 2.77. The predicted octanol–water partition coefficient (Wildman–Crippen LogP) is 7.83. The lowest BCUT2D eigenvalue weighted by atomic mass is 9.63. The summed E-state index contributed by atoms with van der Waals surface area (Å²) in [5.41, 5.74) is -0.475. The van der Waals surface area contributed by atoms with Crippen LogP contribution in [0.15, 0.2) is 48.5 Å². The molecule has 2 aromatic carbocycles. The smallest absolute Gasteiger partial charge is 0.192 e. The van der Waals surface area contributed by atoms with Gasteiger partial charge in [0, 0.05) is 5.56 Å². The quantitative estimate of drug-likeness (QED) is 0.294. The summed E-state index contributed by atoms with van der Waals surface area (Å²) in [5.74, 6) is -1.11. The summed E-state index contributed by atoms with van der Waals surface area (Å²) in [6.07, 6.45) is -3.40. The minimum Gasteiger partial charge on any atom is -0.489 e. The van der Waals surface area contributed by atoms with Gasteiger partial charge >= 0.3 is 0 Å². The molecule has 0 spiro atoms. The van der Waals surface area contributed by atoms with E-state index >= 15 is 0 Å². The lowest BCUT2D eigenvalue weighted by molar-refractivity contribution is -0.244. The van der Waals surface area contributed by atoms with Crippen molar-refractivity contribution < 1.29 is 33.3 Å². The number of hydrogen-bond acceptors (Lipinski definition) is 7. The number of ether oxygens (including phenoxy) is 3. The highest BCUT2D eigenvalue weighted by molar-refractivity contribution is 6.74. The molecule has 2 N–H and O–H groups in total. The first kappa shape index (κ1) is 34.8. The molecule has 1 saturated carbocycles. The van der Waals surface area contributed by atoms with Crippen LogP contribution >= 0.6 is 0 Å². The van der Waals surface area contributed by atoms with Gasteiger partial charge in [0.2, 0.25) is 0 Å². The Kier molecular flexibility index (Phi) is 8.49. The van der Waals surface area contributed by atoms with E-state index in [0.29, 0.717) is 17.9 Å². The molecule has 0 aromatic heterocycles. The minimum atomic E-state index is -2.49. The van der Waals surface area contributed by atoms with Crippen LogP contribution in [0.25, 0.3) is 0 Å². The van der Waals surface area contributed by atoms with E-state index in [1.54, 1.807) is 0 Å². The van der Waals surface area contributed by atoms with Crippen LogP contribution in [0.2, 0.25) is 36.3 Å². The zero-order valence-electron chi connectivity index (χ0n) is 29.6. The van der Waals surface area contributed by atoms with Gasteiger partial charge in [-0.25, -0.2) is 0 Å². The molecular formula is C36H56O7Si2. The van der Waals surface area contributed by atoms with Gasteiger partial charge < -0.3 is 33.3 Å². The maximum Gasteiger partial charge on any atom is 0.192 e. The van der Waals surface area contributed by atoms with Crippen molar-refractivity contribution in [3.05, 3.63) is 65.2 Å². The molecule has 3 aliphatic rings. The number of benzene rings is 2. The van der Waals surface area contributed by atoms with E-state index in [2.05, 4.69) is 67.7 Å². The third-order valence-corrected chi connectivity index (χ3v) is 20.3. The fraction of sp³-hybridized carbons (Fsp3) is 0.667. The van der Waals surface area contributed by atoms with Gasteiger partial charge in [-0.3, -0.25) is 0 Å². The minimum absolute atomic E-state index is 0.0971. The Morgan fingerprint density at radius 2 is 1.40 bits per heavy atom. The molecule has 45 heavy (non-hydrogen) atoms. The summed E-state index contributed by atoms with van der Waals surface area (Å²) < 4.78 is 34.8. The SMILES string of the molecule is CC1(C)O[C@H]2[C@@](C)(O1)[C@H](O[Si](C)(C)C(C)(C)C)[C@@H](O[Si](C)(C)C(C)(C)C)[C@@H]1c3c(OCc4ccccc4)cccc3[C@@H](O)[C@@]12O. The standard InChI is InChI=1S/C36H56O7Si2/c1-32(2,3)44(10,11)41-28-27-26-24(20-17-21-25(26)39-22-23-18-15-14-16-19-23)29(37)36(27,38)31-35(9,43-34(7,8)40-31)30(28)42-45(12,13)33(4,5)6/h14-21,27-31,37-38H,22H2,1-13H3/t27-,28-,29+,30+,31-,35-,36-/m0/s1. The first-order chi connectivity index (χ1) is 20.5. The molecule has 250 valence electrons. The predicted molar refractivity (Wildman–Crippen MR) is 182 cm³/mol. The number of aliphatic hydroxyl groups is 2. The maximum absolute atomic E-state index is 13.1. The molecule has 9 heteroatoms. The molecule has 1 heterocycles. The Morgan fingerprint density at radius 1 is 0.822 bits per heavy atom. The molecule has 0 unspecified atom stereocenters. The van der Waals surface area contributed by atoms with Crippen LogP contribution in [0.4, 0.5) is 0 Å². The van der Waals surface area contributed by atoms with E-state index in [4.69, 9.17) is 23.1 Å². The van der Waals surface area contributed by atoms with Crippen LogP contribution in [0.1, 0.15) is 91.0 Å². The van der Waals surface area contributed by atoms with E-state index in [0.717, 1.165) is 11.1 Å². The Labute approximate surface area is 272 Å². The van der Waals surface area contributed by atoms with Crippen LogP contribution < -0.4 is 4.74 Å². The summed E-state index contributed by atoms with van der Waals surface area (Å²) >= 11 is 0. The monoisotopic (exact) mass is 656 g/mol. The van der Waals surface area contributed by atoms with Crippen molar-refractivity contribution in [2.75, 3.05) is 0 Å². The molecular weight excluding hydrogens is 601 g/mol. The normalized spacial score (nSPS) is 33.0. The molecule has 7 atom stereocenters. The van der Waals surface area contributed by atoms with Crippen molar-refractivity contribution in [1.82, 2.24) is 0 Å². The molecule has 2 fully saturated rings. The Morgan fingerprint density at radius 3 is 1.98 bits per heavy atom. The second-order valence-corrected chi connectivity index (χ2v) is 26.6. The van der Waals surface area contributed by atoms with Gasteiger partial charge in [-0.15, -0.1) is 0 Å². The van der Waals surface area contributed by atoms with Crippen molar-refractivity contribution >= 4 is 16.6 Å². The maximum atomic E-state index is 13.1. The average molecular weight is 657 g/mol. The van der Waals surface area contributed by atoms with E-state index in [1.807, 2.05) is 69.3 Å². The summed E-state index contributed by atoms with van der Waals surface area (Å²) in [5, 5.41) is 25.1. The fourth-order valence-corrected chi connectivity index (χ4v) is 9.62. The second-order valence-electron chi connectivity index (χ2n) is 17.1. The van der Waals surface area contributed by atoms with Crippen LogP contribution in [-0.2, 0) is 24.9 Å². The molecule has 2 aliphatic carbocycles. The number of hydrogen-bond donors (Lipinski definition) is 2. The molecule has 2 aromatic rings. The van der Waals surface area contributed by atoms with Gasteiger partial charge in [0.05, 0.1) is 12.0 Å². The molecule has 0 amide bonds. The van der Waals surface area contributed by atoms with Crippen LogP contribution in [0, 0.1) is 0 Å². The van der Waals surface area contributed by atoms with Crippen molar-refractivity contribution in [3.8, 4) is 5.75 Å². The summed E-state index contributed by atoms with van der Waals surface area (Å²) in [6.45, 7) is 28.3. The van der Waals surface area contributed by atoms with Crippen LogP contribution in [0.5, 0.6) is 5.75 Å². The van der Waals surface area contributed by atoms with E-state index in [9.17, 15) is 10.2 Å². The van der Waals surface area contributed by atoms with E-state index < -0.39 is 64.0 Å². The van der Waals surface area contributed by atoms with Crippen molar-refractivity contribution in [2.45, 2.75) is 153 Å². The van der Waals surface area contributed by atoms with Crippen molar-refractivity contribution in [3.63, 3.8) is 0 Å². The zero-order valence-corrected chi connectivity index (χ0v) is 31.6. The highest BCUT2D eigenvalue weighted by Crippen LogP contribution is 2.65. The first-order valence-electron chi connectivity index (χ1n) is 16.4. The average Bonchev–Trinajstić information content (AvgIpc) is 3.31. The number of fused-ring (bicyclic) bond motifs is 5. The molecule has 5 rings (SSSR count). The number of aliphatic hydroxyl groups excluding tert-OH is 1. The van der Waals surface area contributed by atoms with Gasteiger partial charge in [0.15, 0.2) is 22.4 Å². The number of rotatable bonds is 7.